The largest absolute Gasteiger partial charge is 0.497 e. The lowest BCUT2D eigenvalue weighted by molar-refractivity contribution is -0.220. The highest BCUT2D eigenvalue weighted by Crippen LogP contribution is 2.54. The van der Waals surface area contributed by atoms with Crippen molar-refractivity contribution in [2.75, 3.05) is 41.0 Å². The second-order valence-corrected chi connectivity index (χ2v) is 12.9. The number of aliphatic hydroxyl groups excluding tert-OH is 1. The van der Waals surface area contributed by atoms with Crippen LogP contribution >= 0.6 is 0 Å². The lowest BCUT2D eigenvalue weighted by Crippen LogP contribution is -2.55. The average molecular weight is 731 g/mol. The fourth-order valence-electron chi connectivity index (χ4n) is 7.51. The first-order valence-corrected chi connectivity index (χ1v) is 16.5. The monoisotopic (exact) mass is 730 g/mol. The van der Waals surface area contributed by atoms with E-state index in [0.717, 1.165) is 11.1 Å². The van der Waals surface area contributed by atoms with E-state index >= 15 is 0 Å². The van der Waals surface area contributed by atoms with Gasteiger partial charge < -0.3 is 63.1 Å². The molecule has 0 aliphatic carbocycles. The Kier molecular flexibility index (Phi) is 8.36. The molecule has 5 heterocycles. The summed E-state index contributed by atoms with van der Waals surface area (Å²) < 4.78 is 48.6. The van der Waals surface area contributed by atoms with Gasteiger partial charge in [0.2, 0.25) is 19.4 Å². The van der Waals surface area contributed by atoms with Gasteiger partial charge >= 0.3 is 11.9 Å². The summed E-state index contributed by atoms with van der Waals surface area (Å²) in [5, 5.41) is 41.3. The van der Waals surface area contributed by atoms with E-state index in [1.807, 2.05) is 24.3 Å². The number of carbonyl (C=O) groups is 2. The van der Waals surface area contributed by atoms with E-state index in [0.29, 0.717) is 51.4 Å². The zero-order chi connectivity index (χ0) is 37.1. The zero-order valence-corrected chi connectivity index (χ0v) is 28.3. The summed E-state index contributed by atoms with van der Waals surface area (Å²) in [4.78, 5) is 24.5. The van der Waals surface area contributed by atoms with Gasteiger partial charge in [-0.05, 0) is 47.5 Å². The Balaban J connectivity index is 0.000000151. The number of aliphatic hydroxyl groups is 3. The van der Waals surface area contributed by atoms with Gasteiger partial charge in [0, 0.05) is 35.1 Å². The van der Waals surface area contributed by atoms with Crippen molar-refractivity contribution in [3.05, 3.63) is 95.1 Å². The molecule has 53 heavy (non-hydrogen) atoms. The topological polar surface area (TPSA) is 198 Å². The number of benzene rings is 4. The minimum absolute atomic E-state index is 0.0364. The molecule has 1 saturated heterocycles. The van der Waals surface area contributed by atoms with Crippen LogP contribution in [0.25, 0.3) is 0 Å². The van der Waals surface area contributed by atoms with E-state index in [4.69, 9.17) is 42.6 Å². The fourth-order valence-corrected chi connectivity index (χ4v) is 7.51. The van der Waals surface area contributed by atoms with Crippen molar-refractivity contribution in [1.82, 2.24) is 0 Å². The molecule has 5 aliphatic heterocycles. The van der Waals surface area contributed by atoms with Crippen molar-refractivity contribution in [2.24, 2.45) is 11.8 Å². The number of hydrogen-bond donors (Lipinski definition) is 4. The predicted octanol–water partition coefficient (Wildman–Crippen LogP) is 3.14. The van der Waals surface area contributed by atoms with Gasteiger partial charge in [-0.15, -0.1) is 0 Å². The van der Waals surface area contributed by atoms with E-state index in [2.05, 4.69) is 0 Å². The molecule has 4 N–H and O–H groups in total. The standard InChI is InChI=1S/C19H18O8.C19H16O7/c1-24-11-4-2-3-10(5-11)16-12-6-14-15(26-9-25-14)7-13(12)27-19(23,8-20)17(16)18(21)22;1-22-11-4-2-3-10(5-11)16-12-6-14-15(25-9-24-14)7-13(12)26-19(21)8-23-18(20)17(16)19/h2-7,16-17,20,23H,8-9H2,1H3,(H,21,22);2-7,16-17,21H,8-9H2,1H3. The summed E-state index contributed by atoms with van der Waals surface area (Å²) >= 11 is 0. The Bertz CT molecular complexity index is 2100. The Morgan fingerprint density at radius 3 is 1.75 bits per heavy atom. The number of ether oxygens (including phenoxy) is 9. The molecule has 1 fully saturated rings. The summed E-state index contributed by atoms with van der Waals surface area (Å²) in [5.41, 5.74) is 2.65. The number of aliphatic carboxylic acids is 1. The number of rotatable bonds is 6. The molecule has 0 spiro atoms. The Morgan fingerprint density at radius 2 is 1.23 bits per heavy atom. The smallest absolute Gasteiger partial charge is 0.317 e. The minimum atomic E-state index is -2.31. The Morgan fingerprint density at radius 1 is 0.717 bits per heavy atom. The number of hydrogen-bond acceptors (Lipinski definition) is 14. The van der Waals surface area contributed by atoms with E-state index in [-0.39, 0.29) is 25.9 Å². The third-order valence-corrected chi connectivity index (χ3v) is 9.97. The molecule has 4 aromatic carbocycles. The van der Waals surface area contributed by atoms with E-state index in [1.54, 1.807) is 49.6 Å². The number of methoxy groups -OCH3 is 2. The molecule has 0 radical (unpaired) electrons. The van der Waals surface area contributed by atoms with Crippen molar-refractivity contribution in [3.63, 3.8) is 0 Å². The van der Waals surface area contributed by atoms with E-state index in [9.17, 15) is 30.0 Å². The van der Waals surface area contributed by atoms with Crippen LogP contribution in [0, 0.1) is 11.8 Å². The highest BCUT2D eigenvalue weighted by atomic mass is 16.7. The van der Waals surface area contributed by atoms with Crippen LogP contribution < -0.4 is 37.9 Å². The number of carbonyl (C=O) groups excluding carboxylic acids is 1. The first-order valence-electron chi connectivity index (χ1n) is 16.5. The van der Waals surface area contributed by atoms with Gasteiger partial charge in [0.25, 0.3) is 5.79 Å². The molecule has 15 nitrogen and oxygen atoms in total. The van der Waals surface area contributed by atoms with Gasteiger partial charge in [0.05, 0.1) is 14.2 Å². The number of esters is 1. The summed E-state index contributed by atoms with van der Waals surface area (Å²) in [7, 11) is 3.09. The van der Waals surface area contributed by atoms with Gasteiger partial charge in [-0.1, -0.05) is 24.3 Å². The predicted molar refractivity (Wildman–Crippen MR) is 179 cm³/mol. The summed E-state index contributed by atoms with van der Waals surface area (Å²) in [6.07, 6.45) is 0. The zero-order valence-electron chi connectivity index (χ0n) is 28.3. The third kappa shape index (κ3) is 5.73. The van der Waals surface area contributed by atoms with Gasteiger partial charge in [0.15, 0.2) is 29.6 Å². The first kappa shape index (κ1) is 34.2. The van der Waals surface area contributed by atoms with Gasteiger partial charge in [-0.25, -0.2) is 0 Å². The molecule has 0 bridgehead atoms. The van der Waals surface area contributed by atoms with Crippen LogP contribution in [0.4, 0.5) is 0 Å². The maximum absolute atomic E-state index is 12.4. The quantitative estimate of drug-likeness (QED) is 0.211. The van der Waals surface area contributed by atoms with Crippen molar-refractivity contribution in [3.8, 4) is 46.0 Å². The highest BCUT2D eigenvalue weighted by Gasteiger charge is 2.60. The molecule has 0 aromatic heterocycles. The van der Waals surface area contributed by atoms with Crippen molar-refractivity contribution >= 4 is 11.9 Å². The molecule has 9 rings (SSSR count). The Hall–Kier alpha value is -5.90. The third-order valence-electron chi connectivity index (χ3n) is 9.97. The molecular formula is C38H34O15. The average Bonchev–Trinajstić information content (AvgIpc) is 3.90. The molecule has 0 saturated carbocycles. The van der Waals surface area contributed by atoms with Crippen LogP contribution in [0.1, 0.15) is 34.1 Å². The summed E-state index contributed by atoms with van der Waals surface area (Å²) in [5.74, 6) is -5.59. The van der Waals surface area contributed by atoms with E-state index in [1.165, 1.54) is 13.2 Å². The van der Waals surface area contributed by atoms with E-state index < -0.39 is 53.8 Å². The fraction of sp³-hybridized carbons (Fsp3) is 0.316. The molecule has 15 heteroatoms. The SMILES string of the molecule is COc1cccc(C2c3cc4c(cc3OC(O)(CO)C2C(=O)O)OCO4)c1.COc1cccc(C2c3cc4c(cc3OC3(O)COC(=O)C23)OCO4)c1. The minimum Gasteiger partial charge on any atom is -0.497 e. The van der Waals surface area contributed by atoms with Crippen LogP contribution in [0.15, 0.2) is 72.8 Å². The lowest BCUT2D eigenvalue weighted by atomic mass is 9.74. The van der Waals surface area contributed by atoms with Crippen molar-refractivity contribution in [1.29, 1.82) is 0 Å². The van der Waals surface area contributed by atoms with Crippen LogP contribution in [0.3, 0.4) is 0 Å². The maximum Gasteiger partial charge on any atom is 0.317 e. The first-order chi connectivity index (χ1) is 25.6. The molecule has 4 aromatic rings. The van der Waals surface area contributed by atoms with Crippen LogP contribution in [-0.2, 0) is 14.3 Å². The molecule has 6 unspecified atom stereocenters. The van der Waals surface area contributed by atoms with Gasteiger partial charge in [-0.2, -0.15) is 0 Å². The highest BCUT2D eigenvalue weighted by molar-refractivity contribution is 5.80. The normalized spacial score (nSPS) is 26.7. The number of carboxylic acids is 1. The number of carboxylic acid groups (broad SMARTS) is 1. The van der Waals surface area contributed by atoms with Crippen LogP contribution in [0.5, 0.6) is 46.0 Å². The lowest BCUT2D eigenvalue weighted by Gasteiger charge is -2.42. The molecule has 6 atom stereocenters. The van der Waals surface area contributed by atoms with Crippen molar-refractivity contribution < 1.29 is 72.6 Å². The van der Waals surface area contributed by atoms with Crippen LogP contribution in [-0.4, -0.2) is 85.0 Å². The maximum atomic E-state index is 12.4. The van der Waals surface area contributed by atoms with Gasteiger partial charge in [0.1, 0.15) is 41.4 Å². The summed E-state index contributed by atoms with van der Waals surface area (Å²) in [6.45, 7) is -0.949. The molecule has 5 aliphatic rings. The molecule has 276 valence electrons. The molecule has 0 amide bonds. The second kappa shape index (κ2) is 12.9. The van der Waals surface area contributed by atoms with Crippen molar-refractivity contribution in [2.45, 2.75) is 23.4 Å². The number of cyclic esters (lactones) is 1. The Labute approximate surface area is 301 Å². The summed E-state index contributed by atoms with van der Waals surface area (Å²) in [6, 6.07) is 20.9. The van der Waals surface area contributed by atoms with Gasteiger partial charge in [-0.3, -0.25) is 9.59 Å². The molecular weight excluding hydrogens is 696 g/mol. The number of fused-ring (bicyclic) bond motifs is 5. The van der Waals surface area contributed by atoms with Crippen LogP contribution in [0.2, 0.25) is 0 Å². The second-order valence-electron chi connectivity index (χ2n) is 12.9.